The van der Waals surface area contributed by atoms with Crippen LogP contribution in [0.25, 0.3) is 0 Å². The van der Waals surface area contributed by atoms with Gasteiger partial charge in [-0.3, -0.25) is 9.69 Å². The number of ether oxygens (including phenoxy) is 2. The summed E-state index contributed by atoms with van der Waals surface area (Å²) in [7, 11) is 0. The Labute approximate surface area is 238 Å². The number of phenolic OH excluding ortho intramolecular Hbond substituents is 1. The zero-order valence-electron chi connectivity index (χ0n) is 24.6. The van der Waals surface area contributed by atoms with Crippen molar-refractivity contribution >= 4 is 11.6 Å². The maximum absolute atomic E-state index is 14.4. The zero-order chi connectivity index (χ0) is 28.7. The van der Waals surface area contributed by atoms with Crippen LogP contribution in [0, 0.1) is 0 Å². The van der Waals surface area contributed by atoms with Gasteiger partial charge in [-0.2, -0.15) is 0 Å². The number of carbonyl (C=O) groups is 1. The number of nitrogens with one attached hydrogen (secondary N) is 1. The van der Waals surface area contributed by atoms with Gasteiger partial charge in [0.15, 0.2) is 0 Å². The lowest BCUT2D eigenvalue weighted by Crippen LogP contribution is -2.39. The first-order chi connectivity index (χ1) is 18.9. The summed E-state index contributed by atoms with van der Waals surface area (Å²) >= 11 is 0. The van der Waals surface area contributed by atoms with Crippen molar-refractivity contribution < 1.29 is 19.4 Å². The fourth-order valence-corrected chi connectivity index (χ4v) is 5.77. The van der Waals surface area contributed by atoms with Gasteiger partial charge < -0.3 is 19.9 Å². The molecule has 0 radical (unpaired) electrons. The van der Waals surface area contributed by atoms with Crippen LogP contribution in [-0.4, -0.2) is 55.4 Å². The van der Waals surface area contributed by atoms with Gasteiger partial charge in [0.05, 0.1) is 13.2 Å². The predicted octanol–water partition coefficient (Wildman–Crippen LogP) is 5.98. The molecule has 3 aromatic rings. The lowest BCUT2D eigenvalue weighted by atomic mass is 9.67. The van der Waals surface area contributed by atoms with Crippen molar-refractivity contribution in [1.29, 1.82) is 0 Å². The highest BCUT2D eigenvalue weighted by Crippen LogP contribution is 2.53. The molecule has 1 atom stereocenters. The molecule has 5 rings (SSSR count). The van der Waals surface area contributed by atoms with Crippen LogP contribution in [0.4, 0.5) is 5.69 Å². The highest BCUT2D eigenvalue weighted by atomic mass is 16.5. The summed E-state index contributed by atoms with van der Waals surface area (Å²) in [4.78, 5) is 16.7. The van der Waals surface area contributed by atoms with E-state index in [2.05, 4.69) is 63.9 Å². The second kappa shape index (κ2) is 10.6. The number of aromatic hydroxyl groups is 1. The second-order valence-electron chi connectivity index (χ2n) is 13.0. The lowest BCUT2D eigenvalue weighted by molar-refractivity contribution is -0.118. The van der Waals surface area contributed by atoms with Crippen LogP contribution in [0.5, 0.6) is 11.5 Å². The molecule has 2 aliphatic heterocycles. The van der Waals surface area contributed by atoms with E-state index in [1.54, 1.807) is 6.07 Å². The number of rotatable bonds is 6. The number of para-hydroxylation sites is 1. The van der Waals surface area contributed by atoms with Crippen molar-refractivity contribution in [1.82, 2.24) is 4.90 Å². The minimum Gasteiger partial charge on any atom is -0.508 e. The van der Waals surface area contributed by atoms with Gasteiger partial charge in [-0.15, -0.1) is 0 Å². The van der Waals surface area contributed by atoms with Crippen LogP contribution < -0.4 is 10.1 Å². The Kier molecular flexibility index (Phi) is 7.45. The van der Waals surface area contributed by atoms with Crippen molar-refractivity contribution in [2.75, 3.05) is 44.8 Å². The molecule has 0 saturated carbocycles. The van der Waals surface area contributed by atoms with E-state index in [4.69, 9.17) is 9.47 Å². The van der Waals surface area contributed by atoms with E-state index in [0.717, 1.165) is 60.8 Å². The van der Waals surface area contributed by atoms with Crippen LogP contribution in [0.1, 0.15) is 69.4 Å². The Balaban J connectivity index is 1.73. The zero-order valence-corrected chi connectivity index (χ0v) is 24.6. The van der Waals surface area contributed by atoms with Gasteiger partial charge in [0, 0.05) is 42.0 Å². The number of nitrogens with zero attached hydrogens (tertiary/aromatic N) is 1. The van der Waals surface area contributed by atoms with Gasteiger partial charge in [0.1, 0.15) is 23.5 Å². The van der Waals surface area contributed by atoms with Gasteiger partial charge in [-0.1, -0.05) is 71.9 Å². The molecule has 1 saturated heterocycles. The van der Waals surface area contributed by atoms with E-state index in [0.29, 0.717) is 17.9 Å². The van der Waals surface area contributed by atoms with Gasteiger partial charge in [-0.25, -0.2) is 0 Å². The van der Waals surface area contributed by atoms with E-state index in [9.17, 15) is 9.90 Å². The Hall–Kier alpha value is -3.35. The molecular formula is C34H42N2O4. The van der Waals surface area contributed by atoms with E-state index in [1.165, 1.54) is 0 Å². The highest BCUT2D eigenvalue weighted by Gasteiger charge is 2.53. The Bertz CT molecular complexity index is 1400. The standard InChI is InChI=1S/C34H42N2O4/c1-32(2,3)23-11-13-29(37)26(21-23)34(25-9-7-8-10-28(25)35-31(34)38)27-22-24(33(4,5)6)12-14-30(27)40-20-17-36-15-18-39-19-16-36/h7-14,21-22,37H,15-20H2,1-6H3,(H,35,38). The van der Waals surface area contributed by atoms with Crippen LogP contribution >= 0.6 is 0 Å². The number of carbonyl (C=O) groups excluding carboxylic acids is 1. The molecule has 212 valence electrons. The van der Waals surface area contributed by atoms with Crippen molar-refractivity contribution in [3.8, 4) is 11.5 Å². The third-order valence-electron chi connectivity index (χ3n) is 8.20. The molecular weight excluding hydrogens is 500 g/mol. The summed E-state index contributed by atoms with van der Waals surface area (Å²) < 4.78 is 12.0. The first kappa shape index (κ1) is 28.2. The second-order valence-corrected chi connectivity index (χ2v) is 13.0. The maximum Gasteiger partial charge on any atom is 0.244 e. The number of anilines is 1. The van der Waals surface area contributed by atoms with E-state index in [1.807, 2.05) is 42.5 Å². The largest absolute Gasteiger partial charge is 0.508 e. The van der Waals surface area contributed by atoms with Crippen LogP contribution in [0.15, 0.2) is 60.7 Å². The van der Waals surface area contributed by atoms with Crippen LogP contribution in [-0.2, 0) is 25.8 Å². The molecule has 0 spiro atoms. The first-order valence-electron chi connectivity index (χ1n) is 14.2. The van der Waals surface area contributed by atoms with Gasteiger partial charge in [-0.05, 0) is 52.3 Å². The molecule has 40 heavy (non-hydrogen) atoms. The maximum atomic E-state index is 14.4. The number of hydrogen-bond donors (Lipinski definition) is 2. The quantitative estimate of drug-likeness (QED) is 0.401. The molecule has 1 fully saturated rings. The minimum absolute atomic E-state index is 0.0836. The molecule has 0 aliphatic carbocycles. The van der Waals surface area contributed by atoms with E-state index in [-0.39, 0.29) is 22.5 Å². The molecule has 1 unspecified atom stereocenters. The summed E-state index contributed by atoms with van der Waals surface area (Å²) in [5.41, 5.74) is 3.35. The summed E-state index contributed by atoms with van der Waals surface area (Å²) in [6.45, 7) is 17.4. The molecule has 0 bridgehead atoms. The number of morpholine rings is 1. The van der Waals surface area contributed by atoms with Crippen molar-refractivity contribution in [2.24, 2.45) is 0 Å². The van der Waals surface area contributed by atoms with Crippen molar-refractivity contribution in [3.05, 3.63) is 88.5 Å². The van der Waals surface area contributed by atoms with Gasteiger partial charge in [0.25, 0.3) is 0 Å². The molecule has 3 aromatic carbocycles. The molecule has 6 nitrogen and oxygen atoms in total. The average Bonchev–Trinajstić information content (AvgIpc) is 3.20. The Morgan fingerprint density at radius 3 is 2.17 bits per heavy atom. The lowest BCUT2D eigenvalue weighted by Gasteiger charge is -2.34. The third kappa shape index (κ3) is 5.11. The van der Waals surface area contributed by atoms with Crippen LogP contribution in [0.3, 0.4) is 0 Å². The number of amides is 1. The Morgan fingerprint density at radius 2 is 1.50 bits per heavy atom. The summed E-state index contributed by atoms with van der Waals surface area (Å²) in [6.07, 6.45) is 0. The molecule has 2 aliphatic rings. The molecule has 6 heteroatoms. The fraction of sp³-hybridized carbons (Fsp3) is 0.441. The van der Waals surface area contributed by atoms with Crippen molar-refractivity contribution in [3.63, 3.8) is 0 Å². The Morgan fingerprint density at radius 1 is 0.875 bits per heavy atom. The van der Waals surface area contributed by atoms with Gasteiger partial charge in [0.2, 0.25) is 5.91 Å². The number of benzene rings is 3. The number of fused-ring (bicyclic) bond motifs is 1. The van der Waals surface area contributed by atoms with Crippen molar-refractivity contribution in [2.45, 2.75) is 57.8 Å². The average molecular weight is 543 g/mol. The number of hydrogen-bond acceptors (Lipinski definition) is 5. The smallest absolute Gasteiger partial charge is 0.244 e. The SMILES string of the molecule is CC(C)(C)c1ccc(O)c(C2(c3cc(C(C)(C)C)ccc3OCCN3CCOCC3)C(=O)Nc3ccccc32)c1. The van der Waals surface area contributed by atoms with Gasteiger partial charge >= 0.3 is 0 Å². The predicted molar refractivity (Wildman–Crippen MR) is 160 cm³/mol. The fourth-order valence-electron chi connectivity index (χ4n) is 5.77. The monoisotopic (exact) mass is 542 g/mol. The topological polar surface area (TPSA) is 71.0 Å². The third-order valence-corrected chi connectivity index (χ3v) is 8.20. The van der Waals surface area contributed by atoms with Crippen LogP contribution in [0.2, 0.25) is 0 Å². The molecule has 2 N–H and O–H groups in total. The first-order valence-corrected chi connectivity index (χ1v) is 14.2. The summed E-state index contributed by atoms with van der Waals surface area (Å²) in [5, 5.41) is 14.6. The molecule has 0 aromatic heterocycles. The molecule has 1 amide bonds. The summed E-state index contributed by atoms with van der Waals surface area (Å²) in [6, 6.07) is 19.6. The van der Waals surface area contributed by atoms with E-state index < -0.39 is 5.41 Å². The highest BCUT2D eigenvalue weighted by molar-refractivity contribution is 6.12. The normalized spacial score (nSPS) is 19.8. The molecule has 2 heterocycles. The summed E-state index contributed by atoms with van der Waals surface area (Å²) in [5.74, 6) is 0.535. The minimum atomic E-state index is -1.29. The van der Waals surface area contributed by atoms with E-state index >= 15 is 0 Å². The number of phenols is 1.